The molecule has 0 aromatic heterocycles. The van der Waals surface area contributed by atoms with Crippen molar-refractivity contribution in [3.63, 3.8) is 0 Å². The van der Waals surface area contributed by atoms with Crippen LogP contribution in [0.2, 0.25) is 0 Å². The highest BCUT2D eigenvalue weighted by atomic mass is 16.5. The van der Waals surface area contributed by atoms with Crippen LogP contribution in [0.25, 0.3) is 6.08 Å². The molecule has 0 N–H and O–H groups in total. The van der Waals surface area contributed by atoms with E-state index in [1.807, 2.05) is 18.2 Å². The Hall–Kier alpha value is -3.01. The van der Waals surface area contributed by atoms with Gasteiger partial charge in [0, 0.05) is 12.5 Å². The van der Waals surface area contributed by atoms with E-state index >= 15 is 0 Å². The number of ether oxygens (including phenoxy) is 2. The molecule has 1 amide bonds. The first kappa shape index (κ1) is 19.0. The van der Waals surface area contributed by atoms with Crippen molar-refractivity contribution in [2.45, 2.75) is 24.8 Å². The molecule has 0 radical (unpaired) electrons. The van der Waals surface area contributed by atoms with E-state index < -0.39 is 0 Å². The van der Waals surface area contributed by atoms with Crippen molar-refractivity contribution in [3.05, 3.63) is 77.4 Å². The highest BCUT2D eigenvalue weighted by Crippen LogP contribution is 2.56. The SMILES string of the molecule is COc1cc2c(cc1OC)[C@]13CCC=C[C@H]1[C@@H](/C=C/c1ccccc1)C(=O)N3CC2. The van der Waals surface area contributed by atoms with Gasteiger partial charge in [0.2, 0.25) is 5.91 Å². The fraction of sp³-hybridized carbons (Fsp3) is 0.346. The van der Waals surface area contributed by atoms with Gasteiger partial charge in [-0.25, -0.2) is 0 Å². The van der Waals surface area contributed by atoms with Gasteiger partial charge in [-0.2, -0.15) is 0 Å². The van der Waals surface area contributed by atoms with Crippen molar-refractivity contribution in [2.75, 3.05) is 20.8 Å². The van der Waals surface area contributed by atoms with Crippen molar-refractivity contribution in [1.29, 1.82) is 0 Å². The maximum atomic E-state index is 13.6. The molecule has 0 bridgehead atoms. The zero-order valence-corrected chi connectivity index (χ0v) is 17.5. The van der Waals surface area contributed by atoms with Gasteiger partial charge in [-0.05, 0) is 48.1 Å². The summed E-state index contributed by atoms with van der Waals surface area (Å²) >= 11 is 0. The number of carbonyl (C=O) groups excluding carboxylic acids is 1. The van der Waals surface area contributed by atoms with Crippen LogP contribution in [0, 0.1) is 11.8 Å². The van der Waals surface area contributed by atoms with Crippen LogP contribution < -0.4 is 9.47 Å². The molecule has 1 spiro atoms. The third-order valence-corrected chi connectivity index (χ3v) is 6.98. The number of hydrogen-bond acceptors (Lipinski definition) is 3. The second-order valence-electron chi connectivity index (χ2n) is 8.32. The fourth-order valence-corrected chi connectivity index (χ4v) is 5.65. The Labute approximate surface area is 177 Å². The summed E-state index contributed by atoms with van der Waals surface area (Å²) < 4.78 is 11.2. The van der Waals surface area contributed by atoms with Crippen LogP contribution in [-0.2, 0) is 16.8 Å². The van der Waals surface area contributed by atoms with Crippen LogP contribution >= 0.6 is 0 Å². The molecule has 2 aliphatic heterocycles. The molecular formula is C26H27NO3. The molecule has 2 heterocycles. The van der Waals surface area contributed by atoms with Crippen LogP contribution in [-0.4, -0.2) is 31.6 Å². The normalized spacial score (nSPS) is 27.0. The summed E-state index contributed by atoms with van der Waals surface area (Å²) in [5.74, 6) is 1.70. The van der Waals surface area contributed by atoms with Gasteiger partial charge in [-0.1, -0.05) is 54.6 Å². The zero-order chi connectivity index (χ0) is 20.7. The van der Waals surface area contributed by atoms with E-state index in [-0.39, 0.29) is 23.3 Å². The Kier molecular flexibility index (Phi) is 4.65. The lowest BCUT2D eigenvalue weighted by Crippen LogP contribution is -2.51. The molecule has 4 heteroatoms. The third-order valence-electron chi connectivity index (χ3n) is 6.98. The number of methoxy groups -OCH3 is 2. The van der Waals surface area contributed by atoms with Gasteiger partial charge in [0.25, 0.3) is 0 Å². The lowest BCUT2D eigenvalue weighted by atomic mass is 9.67. The number of carbonyl (C=O) groups is 1. The number of fused-ring (bicyclic) bond motifs is 1. The molecule has 4 nitrogen and oxygen atoms in total. The summed E-state index contributed by atoms with van der Waals surface area (Å²) in [5.41, 5.74) is 3.32. The number of hydrogen-bond donors (Lipinski definition) is 0. The summed E-state index contributed by atoms with van der Waals surface area (Å²) in [6.07, 6.45) is 11.5. The minimum atomic E-state index is -0.301. The molecule has 3 atom stereocenters. The first-order chi connectivity index (χ1) is 14.7. The van der Waals surface area contributed by atoms with Gasteiger partial charge in [0.15, 0.2) is 11.5 Å². The van der Waals surface area contributed by atoms with E-state index in [4.69, 9.17) is 9.47 Å². The van der Waals surface area contributed by atoms with E-state index in [0.29, 0.717) is 0 Å². The monoisotopic (exact) mass is 401 g/mol. The molecule has 1 fully saturated rings. The fourth-order valence-electron chi connectivity index (χ4n) is 5.65. The van der Waals surface area contributed by atoms with Crippen LogP contribution in [0.15, 0.2) is 60.7 Å². The molecule has 3 aliphatic rings. The summed E-state index contributed by atoms with van der Waals surface area (Å²) in [6.45, 7) is 0.751. The highest BCUT2D eigenvalue weighted by Gasteiger charge is 2.59. The average Bonchev–Trinajstić information content (AvgIpc) is 3.05. The highest BCUT2D eigenvalue weighted by molar-refractivity contribution is 5.87. The second kappa shape index (κ2) is 7.35. The van der Waals surface area contributed by atoms with Crippen molar-refractivity contribution in [3.8, 4) is 11.5 Å². The Morgan fingerprint density at radius 2 is 1.87 bits per heavy atom. The minimum Gasteiger partial charge on any atom is -0.493 e. The summed E-state index contributed by atoms with van der Waals surface area (Å²) in [4.78, 5) is 15.7. The zero-order valence-electron chi connectivity index (χ0n) is 17.5. The minimum absolute atomic E-state index is 0.121. The van der Waals surface area contributed by atoms with E-state index in [1.165, 1.54) is 11.1 Å². The summed E-state index contributed by atoms with van der Waals surface area (Å²) in [5, 5.41) is 0. The number of benzene rings is 2. The Balaban J connectivity index is 1.62. The number of amides is 1. The number of rotatable bonds is 4. The lowest BCUT2D eigenvalue weighted by molar-refractivity contribution is -0.133. The van der Waals surface area contributed by atoms with Crippen molar-refractivity contribution in [1.82, 2.24) is 4.90 Å². The van der Waals surface area contributed by atoms with Gasteiger partial charge in [0.05, 0.1) is 25.7 Å². The summed E-state index contributed by atoms with van der Waals surface area (Å²) in [7, 11) is 3.35. The molecule has 1 aliphatic carbocycles. The molecule has 30 heavy (non-hydrogen) atoms. The van der Waals surface area contributed by atoms with Crippen LogP contribution in [0.1, 0.15) is 29.5 Å². The van der Waals surface area contributed by atoms with Gasteiger partial charge in [-0.3, -0.25) is 4.79 Å². The lowest BCUT2D eigenvalue weighted by Gasteiger charge is -2.48. The van der Waals surface area contributed by atoms with Crippen LogP contribution in [0.3, 0.4) is 0 Å². The molecule has 5 rings (SSSR count). The van der Waals surface area contributed by atoms with Gasteiger partial charge in [-0.15, -0.1) is 0 Å². The predicted octanol–water partition coefficient (Wildman–Crippen LogP) is 4.59. The van der Waals surface area contributed by atoms with E-state index in [9.17, 15) is 4.79 Å². The third kappa shape index (κ3) is 2.70. The van der Waals surface area contributed by atoms with E-state index in [1.54, 1.807) is 14.2 Å². The maximum Gasteiger partial charge on any atom is 0.230 e. The first-order valence-electron chi connectivity index (χ1n) is 10.7. The van der Waals surface area contributed by atoms with Gasteiger partial charge in [0.1, 0.15) is 0 Å². The smallest absolute Gasteiger partial charge is 0.230 e. The molecule has 154 valence electrons. The topological polar surface area (TPSA) is 38.8 Å². The average molecular weight is 402 g/mol. The quantitative estimate of drug-likeness (QED) is 0.703. The van der Waals surface area contributed by atoms with E-state index in [2.05, 4.69) is 53.5 Å². The first-order valence-corrected chi connectivity index (χ1v) is 10.7. The standard InChI is InChI=1S/C26H27NO3/c1-29-23-16-19-13-15-27-25(28)20(12-11-18-8-4-3-5-9-18)21-10-6-7-14-26(21,27)22(19)17-24(23)30-2/h3-6,8-12,16-17,20-21H,7,13-15H2,1-2H3/b12-11+/t20-,21+,26+/m1/s1. The number of allylic oxidation sites excluding steroid dienone is 1. The predicted molar refractivity (Wildman–Crippen MR) is 117 cm³/mol. The molecular weight excluding hydrogens is 374 g/mol. The molecule has 2 aromatic carbocycles. The van der Waals surface area contributed by atoms with Crippen LogP contribution in [0.4, 0.5) is 0 Å². The Bertz CT molecular complexity index is 1030. The van der Waals surface area contributed by atoms with Crippen LogP contribution in [0.5, 0.6) is 11.5 Å². The van der Waals surface area contributed by atoms with Gasteiger partial charge >= 0.3 is 0 Å². The largest absolute Gasteiger partial charge is 0.493 e. The van der Waals surface area contributed by atoms with Gasteiger partial charge < -0.3 is 14.4 Å². The van der Waals surface area contributed by atoms with Crippen molar-refractivity contribution in [2.24, 2.45) is 11.8 Å². The summed E-state index contributed by atoms with van der Waals surface area (Å²) in [6, 6.07) is 14.4. The van der Waals surface area contributed by atoms with Crippen molar-refractivity contribution >= 4 is 12.0 Å². The molecule has 2 aromatic rings. The Morgan fingerprint density at radius 3 is 2.63 bits per heavy atom. The second-order valence-corrected chi connectivity index (χ2v) is 8.32. The molecule has 0 saturated carbocycles. The van der Waals surface area contributed by atoms with Crippen molar-refractivity contribution < 1.29 is 14.3 Å². The maximum absolute atomic E-state index is 13.6. The van der Waals surface area contributed by atoms with E-state index in [0.717, 1.165) is 42.9 Å². The molecule has 1 saturated heterocycles. The molecule has 0 unspecified atom stereocenters. The Morgan fingerprint density at radius 1 is 1.10 bits per heavy atom. The number of nitrogens with zero attached hydrogens (tertiary/aromatic N) is 1.